The molecule has 34 nitrogen and oxygen atoms in total. The minimum Gasteiger partial charge on any atom is -0.456 e. The number of esters is 3. The number of aliphatic hydroxyl groups is 17. The third-order valence-electron chi connectivity index (χ3n) is 16.0. The molecule has 6 aliphatic heterocycles. The van der Waals surface area contributed by atoms with E-state index in [0.717, 1.165) is 19.3 Å². The van der Waals surface area contributed by atoms with E-state index in [9.17, 15) is 101 Å². The molecule has 0 aromatic rings. The van der Waals surface area contributed by atoms with E-state index >= 15 is 0 Å². The zero-order valence-electron chi connectivity index (χ0n) is 49.1. The van der Waals surface area contributed by atoms with Crippen molar-refractivity contribution < 1.29 is 168 Å². The van der Waals surface area contributed by atoms with Gasteiger partial charge < -0.3 is 153 Å². The van der Waals surface area contributed by atoms with Crippen LogP contribution in [0.3, 0.4) is 0 Å². The molecule has 0 aliphatic carbocycles. The topological polar surface area (TPSA) is 524 Å². The third-order valence-corrected chi connectivity index (χ3v) is 16.0. The quantitative estimate of drug-likeness (QED) is 0.0174. The zero-order valence-corrected chi connectivity index (χ0v) is 49.1. The van der Waals surface area contributed by atoms with E-state index in [-0.39, 0.29) is 19.3 Å². The van der Waals surface area contributed by atoms with E-state index in [2.05, 4.69) is 0 Å². The summed E-state index contributed by atoms with van der Waals surface area (Å²) < 4.78 is 78.8. The van der Waals surface area contributed by atoms with Crippen molar-refractivity contribution in [2.45, 2.75) is 282 Å². The first-order chi connectivity index (χ1) is 41.9. The highest BCUT2D eigenvalue weighted by molar-refractivity contribution is 5.70. The Labute approximate surface area is 506 Å². The van der Waals surface area contributed by atoms with Crippen LogP contribution < -0.4 is 0 Å². The summed E-state index contributed by atoms with van der Waals surface area (Å²) in [6.45, 7) is 0.926. The molecule has 30 atom stereocenters. The van der Waals surface area contributed by atoms with Gasteiger partial charge in [0.05, 0.1) is 39.6 Å². The lowest BCUT2D eigenvalue weighted by Crippen LogP contribution is -2.64. The normalized spacial score (nSPS) is 43.2. The smallest absolute Gasteiger partial charge is 0.306 e. The molecule has 6 saturated heterocycles. The number of rotatable bonds is 31. The lowest BCUT2D eigenvalue weighted by Gasteiger charge is -2.45. The van der Waals surface area contributed by atoms with E-state index in [1.54, 1.807) is 0 Å². The molecule has 0 amide bonds. The maximum Gasteiger partial charge on any atom is 0.306 e. The predicted octanol–water partition coefficient (Wildman–Crippen LogP) is -7.71. The standard InChI is InChI=1S/C54H92O34/c1-4-7-10-13-28(56)86-46-34(62)22(16-55)81-52(43(46)71)78-18-24-32(60)38(66)41(69)50(82-24)76-21-27-36(64)48(88-30(58)15-12-9-6-3)45(73)54(85-27)79-19-25-33(61)39(67)42(70)51(83-25)75-20-26-35(63)47(87-29(57)14-11-8-5-2)44(72)53(84-26)77-17-23-31(59)37(65)40(68)49(74)80-23/h22-27,31-55,59-74H,4-21H2,1-3H3/t22-,23-,24-,25-,26-,27-,31-,32-,33-,34-,35-,36-,37-,38+,39+,40-,41-,42-,43-,44-,45-,46+,47+,48+,49?,50-,51-,52-,53-,54-/m1/s1. The van der Waals surface area contributed by atoms with Crippen LogP contribution in [-0.2, 0) is 80.7 Å². The molecular formula is C54H92O34. The van der Waals surface area contributed by atoms with Crippen LogP contribution in [-0.4, -0.2) is 329 Å². The fourth-order valence-corrected chi connectivity index (χ4v) is 10.6. The number of carbonyl (C=O) groups excluding carboxylic acids is 3. The maximum absolute atomic E-state index is 13.1. The number of unbranched alkanes of at least 4 members (excludes halogenated alkanes) is 6. The molecule has 0 bridgehead atoms. The number of carbonyl (C=O) groups is 3. The average Bonchev–Trinajstić information content (AvgIpc) is 1.41. The second kappa shape index (κ2) is 35.5. The third kappa shape index (κ3) is 19.2. The fourth-order valence-electron chi connectivity index (χ4n) is 10.6. The molecule has 0 spiro atoms. The van der Waals surface area contributed by atoms with Crippen molar-refractivity contribution in [3.05, 3.63) is 0 Å². The van der Waals surface area contributed by atoms with Crippen LogP contribution in [0.1, 0.15) is 97.8 Å². The van der Waals surface area contributed by atoms with Crippen LogP contribution in [0.5, 0.6) is 0 Å². The van der Waals surface area contributed by atoms with Crippen molar-refractivity contribution >= 4 is 17.9 Å². The summed E-state index contributed by atoms with van der Waals surface area (Å²) in [5.74, 6) is -2.44. The van der Waals surface area contributed by atoms with Gasteiger partial charge in [-0.25, -0.2) is 0 Å². The van der Waals surface area contributed by atoms with Gasteiger partial charge in [-0.1, -0.05) is 59.3 Å². The molecular weight excluding hydrogens is 1190 g/mol. The van der Waals surface area contributed by atoms with E-state index in [4.69, 9.17) is 66.3 Å². The molecule has 1 unspecified atom stereocenters. The lowest BCUT2D eigenvalue weighted by atomic mass is 9.97. The first kappa shape index (κ1) is 74.3. The van der Waals surface area contributed by atoms with Crippen LogP contribution in [0.25, 0.3) is 0 Å². The van der Waals surface area contributed by atoms with Gasteiger partial charge in [-0.3, -0.25) is 14.4 Å². The zero-order chi connectivity index (χ0) is 64.7. The van der Waals surface area contributed by atoms with Crippen molar-refractivity contribution in [2.24, 2.45) is 0 Å². The van der Waals surface area contributed by atoms with Crippen molar-refractivity contribution in [3.8, 4) is 0 Å². The second-order valence-electron chi connectivity index (χ2n) is 22.7. The van der Waals surface area contributed by atoms with Gasteiger partial charge in [0.25, 0.3) is 0 Å². The molecule has 6 aliphatic rings. The molecule has 88 heavy (non-hydrogen) atoms. The highest BCUT2D eigenvalue weighted by atomic mass is 16.8. The van der Waals surface area contributed by atoms with Crippen LogP contribution in [0.2, 0.25) is 0 Å². The van der Waals surface area contributed by atoms with E-state index < -0.39 is 242 Å². The maximum atomic E-state index is 13.1. The summed E-state index contributed by atoms with van der Waals surface area (Å²) in [4.78, 5) is 38.5. The van der Waals surface area contributed by atoms with Gasteiger partial charge in [-0.05, 0) is 19.3 Å². The Hall–Kier alpha value is -2.71. The lowest BCUT2D eigenvalue weighted by molar-refractivity contribution is -0.352. The Morgan fingerprint density at radius 3 is 0.841 bits per heavy atom. The van der Waals surface area contributed by atoms with Gasteiger partial charge in [0, 0.05) is 19.3 Å². The summed E-state index contributed by atoms with van der Waals surface area (Å²) in [6, 6.07) is 0. The monoisotopic (exact) mass is 1280 g/mol. The Balaban J connectivity index is 1.12. The minimum atomic E-state index is -2.07. The molecule has 0 saturated carbocycles. The van der Waals surface area contributed by atoms with Crippen LogP contribution in [0.15, 0.2) is 0 Å². The van der Waals surface area contributed by atoms with Gasteiger partial charge in [-0.15, -0.1) is 0 Å². The van der Waals surface area contributed by atoms with E-state index in [0.29, 0.717) is 38.5 Å². The summed E-state index contributed by atoms with van der Waals surface area (Å²) in [5.41, 5.74) is 0. The fraction of sp³-hybridized carbons (Fsp3) is 0.944. The Morgan fingerprint density at radius 1 is 0.295 bits per heavy atom. The van der Waals surface area contributed by atoms with Gasteiger partial charge in [-0.2, -0.15) is 0 Å². The number of hydrogen-bond acceptors (Lipinski definition) is 34. The van der Waals surface area contributed by atoms with Gasteiger partial charge in [0.1, 0.15) is 128 Å². The van der Waals surface area contributed by atoms with E-state index in [1.165, 1.54) is 0 Å². The SMILES string of the molecule is CCCCCC(=O)O[C@@H]1[C@@H](O)[C@H](OC[C@H]2O[C@@H](OC[C@H]3O[C@@H](OC[C@H]4O[C@@H](OC[C@H]5O[C@@H](OC[C@H]6OC(O)[C@H](O)[C@H](O)[C@@H]6O)[C@H](O)[C@@H](OC(=O)CCCCC)[C@@H]5O)[C@H](O)[C@@H](O)[C@@H]4O)[C@H](O)[C@@H](OC(=O)CCCCC)[C@@H]3O)[C@H](O)[C@@H](O)[C@@H]2O)O[C@H](CO)[C@H]1O. The average molecular weight is 1290 g/mol. The van der Waals surface area contributed by atoms with Crippen molar-refractivity contribution in [1.29, 1.82) is 0 Å². The molecule has 17 N–H and O–H groups in total. The number of aliphatic hydroxyl groups excluding tert-OH is 17. The van der Waals surface area contributed by atoms with Crippen LogP contribution in [0, 0.1) is 0 Å². The highest BCUT2D eigenvalue weighted by Gasteiger charge is 2.54. The van der Waals surface area contributed by atoms with Gasteiger partial charge in [0.2, 0.25) is 0 Å². The predicted molar refractivity (Wildman–Crippen MR) is 283 cm³/mol. The molecule has 6 rings (SSSR count). The summed E-state index contributed by atoms with van der Waals surface area (Å²) in [5, 5.41) is 184. The van der Waals surface area contributed by atoms with Crippen LogP contribution >= 0.6 is 0 Å². The van der Waals surface area contributed by atoms with Gasteiger partial charge >= 0.3 is 17.9 Å². The first-order valence-electron chi connectivity index (χ1n) is 30.0. The highest BCUT2D eigenvalue weighted by Crippen LogP contribution is 2.33. The number of ether oxygens (including phenoxy) is 14. The van der Waals surface area contributed by atoms with Crippen molar-refractivity contribution in [3.63, 3.8) is 0 Å². The molecule has 0 aromatic heterocycles. The van der Waals surface area contributed by atoms with Crippen LogP contribution in [0.4, 0.5) is 0 Å². The molecule has 6 heterocycles. The van der Waals surface area contributed by atoms with Crippen molar-refractivity contribution in [2.75, 3.05) is 39.6 Å². The summed E-state index contributed by atoms with van der Waals surface area (Å²) >= 11 is 0. The molecule has 0 aromatic carbocycles. The number of hydrogen-bond donors (Lipinski definition) is 17. The summed E-state index contributed by atoms with van der Waals surface area (Å²) in [6.07, 6.45) is -49.8. The minimum absolute atomic E-state index is 0.0338. The second-order valence-corrected chi connectivity index (χ2v) is 22.7. The van der Waals surface area contributed by atoms with Gasteiger partial charge in [0.15, 0.2) is 56.1 Å². The van der Waals surface area contributed by atoms with E-state index in [1.807, 2.05) is 20.8 Å². The molecule has 6 fully saturated rings. The first-order valence-corrected chi connectivity index (χ1v) is 30.0. The Bertz CT molecular complexity index is 2070. The molecule has 512 valence electrons. The molecule has 34 heteroatoms. The Morgan fingerprint density at radius 2 is 0.545 bits per heavy atom. The summed E-state index contributed by atoms with van der Waals surface area (Å²) in [7, 11) is 0. The largest absolute Gasteiger partial charge is 0.456 e. The Kier molecular flexibility index (Phi) is 30.0. The van der Waals surface area contributed by atoms with Crippen molar-refractivity contribution in [1.82, 2.24) is 0 Å². The molecule has 0 radical (unpaired) electrons.